The Labute approximate surface area is 200 Å². The molecule has 0 bridgehead atoms. The number of hydrogen-bond acceptors (Lipinski definition) is 5. The van der Waals surface area contributed by atoms with Crippen LogP contribution in [0.25, 0.3) is 10.9 Å². The summed E-state index contributed by atoms with van der Waals surface area (Å²) in [6.45, 7) is 9.83. The van der Waals surface area contributed by atoms with Crippen LogP contribution >= 0.6 is 0 Å². The van der Waals surface area contributed by atoms with Crippen molar-refractivity contribution >= 4 is 28.2 Å². The SMILES string of the molecule is CNC(=O)c1ccc(N2CCN(Cc3cc(C)c4c5c(c(=O)[nH]c4c3)CCCN5)CC2)c(C)c1. The fourth-order valence-electron chi connectivity index (χ4n) is 5.46. The Morgan fingerprint density at radius 1 is 1.06 bits per heavy atom. The van der Waals surface area contributed by atoms with E-state index in [0.29, 0.717) is 5.56 Å². The number of piperazine rings is 1. The highest BCUT2D eigenvalue weighted by atomic mass is 16.1. The lowest BCUT2D eigenvalue weighted by Gasteiger charge is -2.37. The molecule has 1 aromatic heterocycles. The minimum atomic E-state index is -0.0530. The molecule has 7 heteroatoms. The summed E-state index contributed by atoms with van der Waals surface area (Å²) in [5.41, 5.74) is 8.35. The lowest BCUT2D eigenvalue weighted by molar-refractivity contribution is 0.0963. The van der Waals surface area contributed by atoms with Crippen LogP contribution in [0, 0.1) is 13.8 Å². The molecule has 3 aromatic rings. The Morgan fingerprint density at radius 2 is 1.85 bits per heavy atom. The first-order valence-electron chi connectivity index (χ1n) is 12.2. The smallest absolute Gasteiger partial charge is 0.253 e. The fraction of sp³-hybridized carbons (Fsp3) is 0.407. The van der Waals surface area contributed by atoms with Gasteiger partial charge in [-0.1, -0.05) is 6.07 Å². The molecule has 34 heavy (non-hydrogen) atoms. The first-order chi connectivity index (χ1) is 16.4. The second-order valence-electron chi connectivity index (χ2n) is 9.52. The third kappa shape index (κ3) is 4.16. The quantitative estimate of drug-likeness (QED) is 0.558. The molecule has 2 aromatic carbocycles. The van der Waals surface area contributed by atoms with Gasteiger partial charge in [0, 0.05) is 68.5 Å². The van der Waals surface area contributed by atoms with E-state index >= 15 is 0 Å². The van der Waals surface area contributed by atoms with Gasteiger partial charge in [-0.05, 0) is 67.6 Å². The molecule has 1 amide bonds. The van der Waals surface area contributed by atoms with Crippen LogP contribution in [0.1, 0.15) is 39.0 Å². The summed E-state index contributed by atoms with van der Waals surface area (Å²) in [5.74, 6) is -0.0530. The first kappa shape index (κ1) is 22.5. The number of benzene rings is 2. The highest BCUT2D eigenvalue weighted by Gasteiger charge is 2.21. The Morgan fingerprint density at radius 3 is 2.59 bits per heavy atom. The Balaban J connectivity index is 1.30. The zero-order valence-corrected chi connectivity index (χ0v) is 20.3. The van der Waals surface area contributed by atoms with Gasteiger partial charge in [0.25, 0.3) is 11.5 Å². The number of H-pyrrole nitrogens is 1. The van der Waals surface area contributed by atoms with Crippen LogP contribution in [0.15, 0.2) is 35.1 Å². The Bertz CT molecular complexity index is 1300. The van der Waals surface area contributed by atoms with Crippen LogP contribution in [0.4, 0.5) is 11.4 Å². The maximum Gasteiger partial charge on any atom is 0.253 e. The normalized spacial score (nSPS) is 16.3. The lowest BCUT2D eigenvalue weighted by Crippen LogP contribution is -2.46. The van der Waals surface area contributed by atoms with Crippen molar-refractivity contribution in [2.75, 3.05) is 50.0 Å². The number of anilines is 2. The van der Waals surface area contributed by atoms with Crippen LogP contribution in [0.5, 0.6) is 0 Å². The van der Waals surface area contributed by atoms with Crippen LogP contribution < -0.4 is 21.1 Å². The number of carbonyl (C=O) groups is 1. The summed E-state index contributed by atoms with van der Waals surface area (Å²) in [6.07, 6.45) is 1.84. The number of hydrogen-bond donors (Lipinski definition) is 3. The summed E-state index contributed by atoms with van der Waals surface area (Å²) in [4.78, 5) is 32.6. The second-order valence-corrected chi connectivity index (χ2v) is 9.52. The molecule has 0 atom stereocenters. The van der Waals surface area contributed by atoms with Gasteiger partial charge in [0.15, 0.2) is 0 Å². The van der Waals surface area contributed by atoms with Crippen molar-refractivity contribution in [2.45, 2.75) is 33.2 Å². The number of nitrogens with zero attached hydrogens (tertiary/aromatic N) is 2. The molecule has 1 saturated heterocycles. The third-order valence-corrected chi connectivity index (χ3v) is 7.18. The Kier molecular flexibility index (Phi) is 6.04. The van der Waals surface area contributed by atoms with E-state index in [4.69, 9.17) is 0 Å². The number of fused-ring (bicyclic) bond motifs is 3. The van der Waals surface area contributed by atoms with Crippen molar-refractivity contribution in [3.8, 4) is 0 Å². The van der Waals surface area contributed by atoms with Gasteiger partial charge in [-0.2, -0.15) is 0 Å². The molecule has 0 unspecified atom stereocenters. The molecule has 0 saturated carbocycles. The molecule has 1 fully saturated rings. The maximum atomic E-state index is 12.6. The molecular formula is C27H33N5O2. The maximum absolute atomic E-state index is 12.6. The van der Waals surface area contributed by atoms with E-state index in [0.717, 1.165) is 79.8 Å². The van der Waals surface area contributed by atoms with E-state index < -0.39 is 0 Å². The van der Waals surface area contributed by atoms with Crippen LogP contribution in [-0.4, -0.2) is 55.6 Å². The molecule has 178 valence electrons. The first-order valence-corrected chi connectivity index (χ1v) is 12.2. The zero-order valence-electron chi connectivity index (χ0n) is 20.3. The van der Waals surface area contributed by atoms with Crippen molar-refractivity contribution in [3.63, 3.8) is 0 Å². The lowest BCUT2D eigenvalue weighted by atomic mass is 9.97. The van der Waals surface area contributed by atoms with Crippen molar-refractivity contribution in [1.29, 1.82) is 0 Å². The summed E-state index contributed by atoms with van der Waals surface area (Å²) < 4.78 is 0. The molecular weight excluding hydrogens is 426 g/mol. The molecule has 2 aliphatic rings. The van der Waals surface area contributed by atoms with E-state index in [1.807, 2.05) is 12.1 Å². The van der Waals surface area contributed by atoms with Gasteiger partial charge in [0.1, 0.15) is 0 Å². The predicted octanol–water partition coefficient (Wildman–Crippen LogP) is 3.18. The molecule has 3 heterocycles. The van der Waals surface area contributed by atoms with Crippen molar-refractivity contribution in [2.24, 2.45) is 0 Å². The largest absolute Gasteiger partial charge is 0.384 e. The van der Waals surface area contributed by atoms with E-state index in [1.165, 1.54) is 16.8 Å². The van der Waals surface area contributed by atoms with Crippen molar-refractivity contribution < 1.29 is 4.79 Å². The average Bonchev–Trinajstić information content (AvgIpc) is 2.84. The van der Waals surface area contributed by atoms with E-state index in [1.54, 1.807) is 7.05 Å². The number of rotatable bonds is 4. The van der Waals surface area contributed by atoms with Crippen molar-refractivity contribution in [3.05, 3.63) is 68.5 Å². The number of aromatic nitrogens is 1. The van der Waals surface area contributed by atoms with E-state index in [9.17, 15) is 9.59 Å². The molecule has 0 spiro atoms. The molecule has 0 aliphatic carbocycles. The number of carbonyl (C=O) groups excluding carboxylic acids is 1. The van der Waals surface area contributed by atoms with Crippen LogP contribution in [-0.2, 0) is 13.0 Å². The van der Waals surface area contributed by atoms with Gasteiger partial charge in [-0.3, -0.25) is 14.5 Å². The van der Waals surface area contributed by atoms with Crippen LogP contribution in [0.3, 0.4) is 0 Å². The molecule has 0 radical (unpaired) electrons. The number of aromatic amines is 1. The fourth-order valence-corrected chi connectivity index (χ4v) is 5.46. The van der Waals surface area contributed by atoms with E-state index in [2.05, 4.69) is 57.5 Å². The zero-order chi connectivity index (χ0) is 23.8. The highest BCUT2D eigenvalue weighted by molar-refractivity contribution is 5.96. The number of pyridine rings is 1. The number of nitrogens with one attached hydrogen (secondary N) is 3. The topological polar surface area (TPSA) is 80.5 Å². The molecule has 7 nitrogen and oxygen atoms in total. The summed E-state index contributed by atoms with van der Waals surface area (Å²) in [6, 6.07) is 10.3. The average molecular weight is 460 g/mol. The number of amides is 1. The highest BCUT2D eigenvalue weighted by Crippen LogP contribution is 2.31. The van der Waals surface area contributed by atoms with Crippen LogP contribution in [0.2, 0.25) is 0 Å². The molecule has 2 aliphatic heterocycles. The van der Waals surface area contributed by atoms with Gasteiger partial charge in [0.05, 0.1) is 11.2 Å². The minimum absolute atomic E-state index is 0.0395. The minimum Gasteiger partial charge on any atom is -0.384 e. The molecule has 5 rings (SSSR count). The summed E-state index contributed by atoms with van der Waals surface area (Å²) in [7, 11) is 1.66. The van der Waals surface area contributed by atoms with Gasteiger partial charge in [0.2, 0.25) is 0 Å². The number of aryl methyl sites for hydroxylation is 2. The second kappa shape index (κ2) is 9.14. The van der Waals surface area contributed by atoms with E-state index in [-0.39, 0.29) is 11.5 Å². The van der Waals surface area contributed by atoms with Gasteiger partial charge >= 0.3 is 0 Å². The van der Waals surface area contributed by atoms with Crippen molar-refractivity contribution in [1.82, 2.24) is 15.2 Å². The third-order valence-electron chi connectivity index (χ3n) is 7.18. The van der Waals surface area contributed by atoms with Gasteiger partial charge < -0.3 is 20.5 Å². The standard InChI is InChI=1S/C27H33N5O2/c1-17-14-20(26(33)28-3)6-7-23(17)32-11-9-31(10-12-32)16-19-13-18(2)24-22(15-19)30-27(34)21-5-4-8-29-25(21)24/h6-7,13-15,29H,4-5,8-12,16H2,1-3H3,(H,28,33)(H,30,34). The summed E-state index contributed by atoms with van der Waals surface area (Å²) >= 11 is 0. The van der Waals surface area contributed by atoms with Gasteiger partial charge in [-0.15, -0.1) is 0 Å². The monoisotopic (exact) mass is 459 g/mol. The van der Waals surface area contributed by atoms with Gasteiger partial charge in [-0.25, -0.2) is 0 Å². The molecule has 3 N–H and O–H groups in total. The predicted molar refractivity (Wildman–Crippen MR) is 138 cm³/mol. The summed E-state index contributed by atoms with van der Waals surface area (Å²) in [5, 5.41) is 7.31. The Hall–Kier alpha value is -3.32.